The van der Waals surface area contributed by atoms with Crippen molar-refractivity contribution in [2.45, 2.75) is 45.2 Å². The summed E-state index contributed by atoms with van der Waals surface area (Å²) in [4.78, 5) is 2.39. The number of hydrogen-bond acceptors (Lipinski definition) is 3. The quantitative estimate of drug-likeness (QED) is 0.806. The molecule has 0 aliphatic carbocycles. The Hall–Kier alpha value is -1.13. The second-order valence-electron chi connectivity index (χ2n) is 5.41. The summed E-state index contributed by atoms with van der Waals surface area (Å²) < 4.78 is 13.5. The maximum absolute atomic E-state index is 13.5. The summed E-state index contributed by atoms with van der Waals surface area (Å²) in [5.41, 5.74) is 2.18. The first-order valence-electron chi connectivity index (χ1n) is 7.63. The minimum atomic E-state index is -0.173. The SMILES string of the molecule is CCNCc1cc(F)ccc1N1CCCC1CCCO. The molecule has 4 heteroatoms. The normalized spacial score (nSPS) is 18.8. The first kappa shape index (κ1) is 15.3. The molecular formula is C16H25FN2O. The van der Waals surface area contributed by atoms with Crippen LogP contribution in [0.25, 0.3) is 0 Å². The van der Waals surface area contributed by atoms with E-state index in [4.69, 9.17) is 5.11 Å². The molecule has 3 nitrogen and oxygen atoms in total. The fourth-order valence-electron chi connectivity index (χ4n) is 3.02. The van der Waals surface area contributed by atoms with E-state index in [1.165, 1.54) is 6.42 Å². The first-order valence-corrected chi connectivity index (χ1v) is 7.63. The molecule has 1 fully saturated rings. The van der Waals surface area contributed by atoms with Crippen LogP contribution < -0.4 is 10.2 Å². The van der Waals surface area contributed by atoms with Crippen LogP contribution in [0.5, 0.6) is 0 Å². The molecule has 2 rings (SSSR count). The van der Waals surface area contributed by atoms with E-state index in [-0.39, 0.29) is 12.4 Å². The van der Waals surface area contributed by atoms with Crippen LogP contribution >= 0.6 is 0 Å². The summed E-state index contributed by atoms with van der Waals surface area (Å²) in [6.07, 6.45) is 4.19. The minimum absolute atomic E-state index is 0.173. The predicted octanol–water partition coefficient (Wildman–Crippen LogP) is 2.68. The first-order chi connectivity index (χ1) is 9.76. The van der Waals surface area contributed by atoms with Gasteiger partial charge in [0.25, 0.3) is 0 Å². The Morgan fingerprint density at radius 3 is 3.05 bits per heavy atom. The van der Waals surface area contributed by atoms with Crippen molar-refractivity contribution in [3.05, 3.63) is 29.6 Å². The summed E-state index contributed by atoms with van der Waals surface area (Å²) in [6, 6.07) is 5.57. The van der Waals surface area contributed by atoms with Gasteiger partial charge in [-0.25, -0.2) is 4.39 Å². The molecule has 1 aromatic rings. The maximum Gasteiger partial charge on any atom is 0.123 e. The molecule has 1 aliphatic rings. The van der Waals surface area contributed by atoms with Gasteiger partial charge in [-0.1, -0.05) is 6.92 Å². The second kappa shape index (κ2) is 7.60. The molecule has 1 aromatic carbocycles. The van der Waals surface area contributed by atoms with Crippen LogP contribution in [0.1, 0.15) is 38.2 Å². The van der Waals surface area contributed by atoms with E-state index in [1.54, 1.807) is 12.1 Å². The van der Waals surface area contributed by atoms with Crippen molar-refractivity contribution in [1.82, 2.24) is 5.32 Å². The lowest BCUT2D eigenvalue weighted by Crippen LogP contribution is -2.31. The number of aliphatic hydroxyl groups is 1. The van der Waals surface area contributed by atoms with Crippen molar-refractivity contribution >= 4 is 5.69 Å². The number of hydrogen-bond donors (Lipinski definition) is 2. The largest absolute Gasteiger partial charge is 0.396 e. The van der Waals surface area contributed by atoms with Gasteiger partial charge in [0, 0.05) is 31.4 Å². The fourth-order valence-corrected chi connectivity index (χ4v) is 3.02. The lowest BCUT2D eigenvalue weighted by molar-refractivity contribution is 0.279. The van der Waals surface area contributed by atoms with Crippen LogP contribution in [-0.2, 0) is 6.54 Å². The average Bonchev–Trinajstić information content (AvgIpc) is 2.91. The van der Waals surface area contributed by atoms with E-state index < -0.39 is 0 Å². The molecule has 1 unspecified atom stereocenters. The van der Waals surface area contributed by atoms with E-state index in [0.29, 0.717) is 12.6 Å². The number of rotatable bonds is 7. The van der Waals surface area contributed by atoms with Gasteiger partial charge in [0.2, 0.25) is 0 Å². The Morgan fingerprint density at radius 1 is 1.45 bits per heavy atom. The van der Waals surface area contributed by atoms with Crippen LogP contribution in [0.4, 0.5) is 10.1 Å². The van der Waals surface area contributed by atoms with E-state index >= 15 is 0 Å². The van der Waals surface area contributed by atoms with Gasteiger partial charge in [0.1, 0.15) is 5.82 Å². The van der Waals surface area contributed by atoms with Crippen LogP contribution in [0.3, 0.4) is 0 Å². The molecular weight excluding hydrogens is 255 g/mol. The van der Waals surface area contributed by atoms with E-state index in [2.05, 4.69) is 17.1 Å². The zero-order valence-corrected chi connectivity index (χ0v) is 12.2. The highest BCUT2D eigenvalue weighted by Gasteiger charge is 2.25. The second-order valence-corrected chi connectivity index (χ2v) is 5.41. The van der Waals surface area contributed by atoms with Gasteiger partial charge >= 0.3 is 0 Å². The highest BCUT2D eigenvalue weighted by Crippen LogP contribution is 2.31. The summed E-state index contributed by atoms with van der Waals surface area (Å²) in [5.74, 6) is -0.173. The molecule has 1 heterocycles. The molecule has 1 saturated heterocycles. The summed E-state index contributed by atoms with van der Waals surface area (Å²) >= 11 is 0. The minimum Gasteiger partial charge on any atom is -0.396 e. The molecule has 0 bridgehead atoms. The van der Waals surface area contributed by atoms with E-state index in [0.717, 1.165) is 43.6 Å². The Balaban J connectivity index is 2.17. The number of anilines is 1. The van der Waals surface area contributed by atoms with Crippen molar-refractivity contribution in [3.63, 3.8) is 0 Å². The van der Waals surface area contributed by atoms with Gasteiger partial charge in [0.15, 0.2) is 0 Å². The number of halogens is 1. The number of aliphatic hydroxyl groups excluding tert-OH is 1. The molecule has 1 atom stereocenters. The summed E-state index contributed by atoms with van der Waals surface area (Å²) in [5, 5.41) is 12.3. The van der Waals surface area contributed by atoms with Crippen LogP contribution in [0.15, 0.2) is 18.2 Å². The Bertz CT molecular complexity index is 425. The Labute approximate surface area is 120 Å². The summed E-state index contributed by atoms with van der Waals surface area (Å²) in [7, 11) is 0. The Morgan fingerprint density at radius 2 is 2.30 bits per heavy atom. The average molecular weight is 280 g/mol. The van der Waals surface area contributed by atoms with Crippen molar-refractivity contribution in [2.24, 2.45) is 0 Å². The standard InChI is InChI=1S/C16H25FN2O/c1-2-18-12-13-11-14(17)7-8-16(13)19-9-3-5-15(19)6-4-10-20/h7-8,11,15,18,20H,2-6,9-10,12H2,1H3. The molecule has 0 amide bonds. The molecule has 1 aliphatic heterocycles. The van der Waals surface area contributed by atoms with Gasteiger partial charge in [-0.3, -0.25) is 0 Å². The van der Waals surface area contributed by atoms with Crippen LogP contribution in [0, 0.1) is 5.82 Å². The summed E-state index contributed by atoms with van der Waals surface area (Å²) in [6.45, 7) is 4.91. The van der Waals surface area contributed by atoms with Gasteiger partial charge in [0.05, 0.1) is 0 Å². The monoisotopic (exact) mass is 280 g/mol. The van der Waals surface area contributed by atoms with Crippen LogP contribution in [-0.4, -0.2) is 30.8 Å². The molecule has 0 aromatic heterocycles. The van der Waals surface area contributed by atoms with Gasteiger partial charge < -0.3 is 15.3 Å². The van der Waals surface area contributed by atoms with Gasteiger partial charge in [-0.15, -0.1) is 0 Å². The zero-order chi connectivity index (χ0) is 14.4. The third-order valence-electron chi connectivity index (χ3n) is 3.99. The lowest BCUT2D eigenvalue weighted by atomic mass is 10.1. The molecule has 0 spiro atoms. The van der Waals surface area contributed by atoms with Crippen molar-refractivity contribution in [1.29, 1.82) is 0 Å². The molecule has 0 saturated carbocycles. The fraction of sp³-hybridized carbons (Fsp3) is 0.625. The number of nitrogens with one attached hydrogen (secondary N) is 1. The van der Waals surface area contributed by atoms with E-state index in [9.17, 15) is 4.39 Å². The highest BCUT2D eigenvalue weighted by molar-refractivity contribution is 5.55. The van der Waals surface area contributed by atoms with Crippen LogP contribution in [0.2, 0.25) is 0 Å². The van der Waals surface area contributed by atoms with E-state index in [1.807, 2.05) is 6.07 Å². The van der Waals surface area contributed by atoms with Crippen molar-refractivity contribution < 1.29 is 9.50 Å². The van der Waals surface area contributed by atoms with Crippen molar-refractivity contribution in [2.75, 3.05) is 24.6 Å². The molecule has 0 radical (unpaired) electrons. The topological polar surface area (TPSA) is 35.5 Å². The molecule has 2 N–H and O–H groups in total. The highest BCUT2D eigenvalue weighted by atomic mass is 19.1. The van der Waals surface area contributed by atoms with Crippen molar-refractivity contribution in [3.8, 4) is 0 Å². The Kier molecular flexibility index (Phi) is 5.80. The smallest absolute Gasteiger partial charge is 0.123 e. The van der Waals surface area contributed by atoms with Gasteiger partial charge in [-0.2, -0.15) is 0 Å². The van der Waals surface area contributed by atoms with Gasteiger partial charge in [-0.05, 0) is 56.0 Å². The predicted molar refractivity (Wildman–Crippen MR) is 80.5 cm³/mol. The zero-order valence-electron chi connectivity index (χ0n) is 12.2. The number of benzene rings is 1. The lowest BCUT2D eigenvalue weighted by Gasteiger charge is -2.29. The third-order valence-corrected chi connectivity index (χ3v) is 3.99. The maximum atomic E-state index is 13.5. The molecule has 112 valence electrons. The molecule has 20 heavy (non-hydrogen) atoms. The third kappa shape index (κ3) is 3.70. The number of nitrogens with zero attached hydrogens (tertiary/aromatic N) is 1.